The molecule has 5 heterocycles. The van der Waals surface area contributed by atoms with Gasteiger partial charge in [-0.1, -0.05) is 22.9 Å². The number of anilines is 1. The summed E-state index contributed by atoms with van der Waals surface area (Å²) < 4.78 is 1.86. The van der Waals surface area contributed by atoms with Gasteiger partial charge in [0.15, 0.2) is 5.13 Å². The van der Waals surface area contributed by atoms with Crippen LogP contribution in [0.25, 0.3) is 27.5 Å². The summed E-state index contributed by atoms with van der Waals surface area (Å²) >= 11 is 8.33. The number of carbonyl (C=O) groups excluding carboxylic acids is 2. The van der Waals surface area contributed by atoms with Crippen molar-refractivity contribution in [3.05, 3.63) is 64.6 Å². The van der Waals surface area contributed by atoms with Gasteiger partial charge in [0.2, 0.25) is 5.91 Å². The van der Waals surface area contributed by atoms with Crippen LogP contribution in [0.2, 0.25) is 5.02 Å². The van der Waals surface area contributed by atoms with Crippen LogP contribution in [0.15, 0.2) is 42.7 Å². The fourth-order valence-electron chi connectivity index (χ4n) is 6.08. The standard InChI is InChI=1S/C28H26ClN7O2S/c1-15(37)31-28-32-22-7-6-20-24(17-4-3-9-30-12-17)33-36(25(20)26(22)39-28)23-8-5-16(10-21(23)29)27(38)35-14-18-11-19(35)13-34(18)2/h3-5,8-10,12,18-19H,6-7,11,13-14H2,1-2H3,(H,31,32,37)/t18-,19-/m1/s1. The lowest BCUT2D eigenvalue weighted by Crippen LogP contribution is -2.47. The summed E-state index contributed by atoms with van der Waals surface area (Å²) in [5.74, 6) is -0.140. The van der Waals surface area contributed by atoms with Gasteiger partial charge in [0.05, 0.1) is 32.7 Å². The van der Waals surface area contributed by atoms with Gasteiger partial charge in [0.25, 0.3) is 5.91 Å². The average Bonchev–Trinajstić information content (AvgIpc) is 3.69. The fourth-order valence-corrected chi connectivity index (χ4v) is 7.45. The van der Waals surface area contributed by atoms with Gasteiger partial charge in [0, 0.05) is 61.2 Å². The smallest absolute Gasteiger partial charge is 0.254 e. The molecule has 1 aliphatic carbocycles. The number of amides is 2. The van der Waals surface area contributed by atoms with Crippen molar-refractivity contribution < 1.29 is 9.59 Å². The molecule has 2 bridgehead atoms. The van der Waals surface area contributed by atoms with E-state index in [0.717, 1.165) is 65.4 Å². The molecule has 3 aromatic heterocycles. The van der Waals surface area contributed by atoms with E-state index in [0.29, 0.717) is 27.4 Å². The molecule has 0 radical (unpaired) electrons. The summed E-state index contributed by atoms with van der Waals surface area (Å²) in [6.45, 7) is 3.15. The van der Waals surface area contributed by atoms with Crippen LogP contribution in [0, 0.1) is 0 Å². The normalized spacial score (nSPS) is 19.7. The zero-order chi connectivity index (χ0) is 26.8. The van der Waals surface area contributed by atoms with Crippen LogP contribution in [0.1, 0.15) is 35.0 Å². The van der Waals surface area contributed by atoms with Gasteiger partial charge in [0.1, 0.15) is 0 Å². The van der Waals surface area contributed by atoms with Crippen LogP contribution in [0.4, 0.5) is 5.13 Å². The topological polar surface area (TPSA) is 96.2 Å². The summed E-state index contributed by atoms with van der Waals surface area (Å²) in [7, 11) is 2.12. The number of nitrogens with one attached hydrogen (secondary N) is 1. The van der Waals surface area contributed by atoms with Crippen LogP contribution in [-0.4, -0.2) is 73.6 Å². The summed E-state index contributed by atoms with van der Waals surface area (Å²) in [5, 5.41) is 8.87. The zero-order valence-corrected chi connectivity index (χ0v) is 23.1. The number of carbonyl (C=O) groups is 2. The first kappa shape index (κ1) is 24.4. The van der Waals surface area contributed by atoms with E-state index in [1.807, 2.05) is 40.0 Å². The molecule has 39 heavy (non-hydrogen) atoms. The largest absolute Gasteiger partial charge is 0.333 e. The van der Waals surface area contributed by atoms with Crippen molar-refractivity contribution in [1.82, 2.24) is 29.5 Å². The van der Waals surface area contributed by atoms with E-state index in [4.69, 9.17) is 16.7 Å². The third kappa shape index (κ3) is 4.05. The van der Waals surface area contributed by atoms with E-state index in [2.05, 4.69) is 27.2 Å². The molecule has 1 N–H and O–H groups in total. The molecule has 4 aromatic rings. The van der Waals surface area contributed by atoms with E-state index in [1.54, 1.807) is 12.3 Å². The van der Waals surface area contributed by atoms with E-state index in [1.165, 1.54) is 18.3 Å². The maximum atomic E-state index is 13.4. The number of halogens is 1. The molecule has 0 unspecified atom stereocenters. The molecule has 2 atom stereocenters. The van der Waals surface area contributed by atoms with Crippen LogP contribution in [0.3, 0.4) is 0 Å². The van der Waals surface area contributed by atoms with Gasteiger partial charge < -0.3 is 10.2 Å². The number of piperazine rings is 1. The summed E-state index contributed by atoms with van der Waals surface area (Å²) in [4.78, 5) is 39.4. The molecular formula is C28H26ClN7O2S. The number of benzene rings is 1. The van der Waals surface area contributed by atoms with Crippen molar-refractivity contribution in [3.8, 4) is 27.5 Å². The van der Waals surface area contributed by atoms with Gasteiger partial charge >= 0.3 is 0 Å². The molecule has 1 aromatic carbocycles. The molecule has 9 nitrogen and oxygen atoms in total. The van der Waals surface area contributed by atoms with Crippen molar-refractivity contribution in [2.45, 2.75) is 38.3 Å². The SMILES string of the molecule is CC(=O)Nc1nc2c(s1)-c1c(c(-c3cccnc3)nn1-c1ccc(C(=O)N3C[C@H]4C[C@@H]3CN4C)cc1Cl)CC2. The van der Waals surface area contributed by atoms with E-state index in [-0.39, 0.29) is 17.9 Å². The van der Waals surface area contributed by atoms with Gasteiger partial charge in [-0.2, -0.15) is 5.10 Å². The lowest BCUT2D eigenvalue weighted by molar-refractivity contribution is -0.114. The average molecular weight is 560 g/mol. The van der Waals surface area contributed by atoms with Crippen molar-refractivity contribution >= 4 is 39.9 Å². The molecule has 7 rings (SSSR count). The van der Waals surface area contributed by atoms with Crippen LogP contribution in [-0.2, 0) is 17.6 Å². The van der Waals surface area contributed by atoms with Crippen LogP contribution < -0.4 is 5.32 Å². The Morgan fingerprint density at radius 2 is 2.03 bits per heavy atom. The fraction of sp³-hybridized carbons (Fsp3) is 0.321. The van der Waals surface area contributed by atoms with Crippen molar-refractivity contribution in [2.75, 3.05) is 25.5 Å². The Kier molecular flexibility index (Phi) is 5.80. The highest BCUT2D eigenvalue weighted by atomic mass is 35.5. The van der Waals surface area contributed by atoms with Crippen molar-refractivity contribution in [3.63, 3.8) is 0 Å². The number of aryl methyl sites for hydroxylation is 1. The van der Waals surface area contributed by atoms with Gasteiger partial charge in [-0.25, -0.2) is 9.67 Å². The highest BCUT2D eigenvalue weighted by molar-refractivity contribution is 7.19. The van der Waals surface area contributed by atoms with Gasteiger partial charge in [-0.3, -0.25) is 19.5 Å². The summed E-state index contributed by atoms with van der Waals surface area (Å²) in [6.07, 6.45) is 6.07. The maximum Gasteiger partial charge on any atom is 0.254 e. The number of hydrogen-bond acceptors (Lipinski definition) is 7. The first-order chi connectivity index (χ1) is 18.9. The lowest BCUT2D eigenvalue weighted by Gasteiger charge is -2.32. The van der Waals surface area contributed by atoms with Crippen LogP contribution in [0.5, 0.6) is 0 Å². The van der Waals surface area contributed by atoms with Crippen molar-refractivity contribution in [2.24, 2.45) is 0 Å². The molecule has 2 saturated heterocycles. The second-order valence-corrected chi connectivity index (χ2v) is 11.8. The van der Waals surface area contributed by atoms with Gasteiger partial charge in [-0.05, 0) is 56.6 Å². The Bertz CT molecular complexity index is 1630. The Labute approximate surface area is 234 Å². The highest BCUT2D eigenvalue weighted by Gasteiger charge is 2.43. The third-order valence-corrected chi connectivity index (χ3v) is 9.25. The molecule has 2 amide bonds. The Hall–Kier alpha value is -3.60. The molecule has 198 valence electrons. The number of likely N-dealkylation sites (tertiary alicyclic amines) is 2. The monoisotopic (exact) mass is 559 g/mol. The number of aromatic nitrogens is 4. The first-order valence-electron chi connectivity index (χ1n) is 13.0. The minimum absolute atomic E-state index is 0.0206. The van der Waals surface area contributed by atoms with Gasteiger partial charge in [-0.15, -0.1) is 0 Å². The molecule has 3 aliphatic rings. The number of fused-ring (bicyclic) bond motifs is 5. The number of pyridine rings is 1. The highest BCUT2D eigenvalue weighted by Crippen LogP contribution is 2.45. The molecule has 11 heteroatoms. The first-order valence-corrected chi connectivity index (χ1v) is 14.2. The predicted molar refractivity (Wildman–Crippen MR) is 150 cm³/mol. The second-order valence-electron chi connectivity index (χ2n) is 10.4. The lowest BCUT2D eigenvalue weighted by atomic mass is 9.95. The number of thiazole rings is 1. The van der Waals surface area contributed by atoms with E-state index in [9.17, 15) is 9.59 Å². The molecule has 2 fully saturated rings. The number of nitrogens with zero attached hydrogens (tertiary/aromatic N) is 6. The third-order valence-electron chi connectivity index (χ3n) is 7.92. The Morgan fingerprint density at radius 1 is 1.15 bits per heavy atom. The summed E-state index contributed by atoms with van der Waals surface area (Å²) in [6, 6.07) is 10.1. The number of rotatable bonds is 4. The Morgan fingerprint density at radius 3 is 2.72 bits per heavy atom. The minimum atomic E-state index is -0.160. The number of likely N-dealkylation sites (N-methyl/N-ethyl adjacent to an activating group) is 1. The Balaban J connectivity index is 1.31. The summed E-state index contributed by atoms with van der Waals surface area (Å²) in [5.41, 5.74) is 5.94. The zero-order valence-electron chi connectivity index (χ0n) is 21.5. The molecule has 2 aliphatic heterocycles. The van der Waals surface area contributed by atoms with Crippen LogP contribution >= 0.6 is 22.9 Å². The molecular weight excluding hydrogens is 534 g/mol. The molecule has 0 saturated carbocycles. The van der Waals surface area contributed by atoms with E-state index < -0.39 is 0 Å². The number of hydrogen-bond donors (Lipinski definition) is 1. The second kappa shape index (κ2) is 9.25. The van der Waals surface area contributed by atoms with Crippen molar-refractivity contribution in [1.29, 1.82) is 0 Å². The minimum Gasteiger partial charge on any atom is -0.333 e. The molecule has 0 spiro atoms. The predicted octanol–water partition coefficient (Wildman–Crippen LogP) is 4.30. The maximum absolute atomic E-state index is 13.4. The van der Waals surface area contributed by atoms with E-state index >= 15 is 0 Å². The quantitative estimate of drug-likeness (QED) is 0.400.